The third-order valence-electron chi connectivity index (χ3n) is 2.90. The van der Waals surface area contributed by atoms with Gasteiger partial charge in [-0.05, 0) is 31.5 Å². The van der Waals surface area contributed by atoms with Crippen molar-refractivity contribution in [3.63, 3.8) is 0 Å². The molecule has 1 unspecified atom stereocenters. The van der Waals surface area contributed by atoms with Crippen molar-refractivity contribution < 1.29 is 18.0 Å². The van der Waals surface area contributed by atoms with E-state index in [1.165, 1.54) is 18.3 Å². The van der Waals surface area contributed by atoms with E-state index in [1.54, 1.807) is 0 Å². The first-order chi connectivity index (χ1) is 9.46. The van der Waals surface area contributed by atoms with Gasteiger partial charge in [-0.2, -0.15) is 13.2 Å². The number of nitrogens with one attached hydrogen (secondary N) is 2. The van der Waals surface area contributed by atoms with Gasteiger partial charge in [0.15, 0.2) is 0 Å². The number of alkyl halides is 3. The highest BCUT2D eigenvalue weighted by molar-refractivity contribution is 8.00. The summed E-state index contributed by atoms with van der Waals surface area (Å²) in [6, 6.07) is 2.98. The molecule has 110 valence electrons. The Bertz CT molecular complexity index is 475. The van der Waals surface area contributed by atoms with Gasteiger partial charge in [0.2, 0.25) is 0 Å². The lowest BCUT2D eigenvalue weighted by molar-refractivity contribution is -0.0329. The fourth-order valence-electron chi connectivity index (χ4n) is 2.00. The molecule has 20 heavy (non-hydrogen) atoms. The van der Waals surface area contributed by atoms with Crippen molar-refractivity contribution in [3.05, 3.63) is 23.9 Å². The number of aromatic nitrogens is 1. The summed E-state index contributed by atoms with van der Waals surface area (Å²) < 4.78 is 37.2. The first-order valence-electron chi connectivity index (χ1n) is 6.18. The molecule has 1 aromatic heterocycles. The maximum Gasteiger partial charge on any atom is 0.447 e. The normalized spacial score (nSPS) is 19.1. The van der Waals surface area contributed by atoms with Crippen LogP contribution in [0.4, 0.5) is 13.2 Å². The average Bonchev–Trinajstić information content (AvgIpc) is 2.88. The molecule has 1 fully saturated rings. The summed E-state index contributed by atoms with van der Waals surface area (Å²) in [5.41, 5.74) is -4.51. The number of amides is 1. The molecular formula is C12H14F3N3OS. The SMILES string of the molecule is O=C(NCC1CCCN1)c1cccnc1SC(F)(F)F. The Hall–Kier alpha value is -1.28. The lowest BCUT2D eigenvalue weighted by Gasteiger charge is -2.13. The van der Waals surface area contributed by atoms with Crippen molar-refractivity contribution in [3.8, 4) is 0 Å². The van der Waals surface area contributed by atoms with Crippen LogP contribution in [0.2, 0.25) is 0 Å². The molecule has 1 aromatic rings. The van der Waals surface area contributed by atoms with Crippen molar-refractivity contribution in [2.75, 3.05) is 13.1 Å². The van der Waals surface area contributed by atoms with Gasteiger partial charge < -0.3 is 10.6 Å². The van der Waals surface area contributed by atoms with Gasteiger partial charge in [0.25, 0.3) is 5.91 Å². The van der Waals surface area contributed by atoms with Gasteiger partial charge in [-0.25, -0.2) is 4.98 Å². The van der Waals surface area contributed by atoms with Crippen LogP contribution in [0.25, 0.3) is 0 Å². The molecule has 1 saturated heterocycles. The minimum atomic E-state index is -4.46. The standard InChI is InChI=1S/C12H14F3N3OS/c13-12(14,15)20-11-9(4-2-6-17-11)10(19)18-7-8-3-1-5-16-8/h2,4,6,8,16H,1,3,5,7H2,(H,18,19). The van der Waals surface area contributed by atoms with E-state index in [0.29, 0.717) is 6.54 Å². The zero-order valence-electron chi connectivity index (χ0n) is 10.5. The molecule has 0 saturated carbocycles. The number of hydrogen-bond donors (Lipinski definition) is 2. The minimum Gasteiger partial charge on any atom is -0.350 e. The Kier molecular flexibility index (Phi) is 4.87. The van der Waals surface area contributed by atoms with Crippen LogP contribution in [0, 0.1) is 0 Å². The third kappa shape index (κ3) is 4.38. The predicted molar refractivity (Wildman–Crippen MR) is 69.5 cm³/mol. The number of thioether (sulfide) groups is 1. The second kappa shape index (κ2) is 6.45. The summed E-state index contributed by atoms with van der Waals surface area (Å²) in [5.74, 6) is -0.529. The fraction of sp³-hybridized carbons (Fsp3) is 0.500. The van der Waals surface area contributed by atoms with Gasteiger partial charge in [0.05, 0.1) is 5.56 Å². The molecular weight excluding hydrogens is 291 g/mol. The smallest absolute Gasteiger partial charge is 0.350 e. The second-order valence-corrected chi connectivity index (χ2v) is 5.46. The van der Waals surface area contributed by atoms with E-state index in [0.717, 1.165) is 19.4 Å². The van der Waals surface area contributed by atoms with Crippen LogP contribution in [-0.2, 0) is 0 Å². The first kappa shape index (κ1) is 15.1. The van der Waals surface area contributed by atoms with E-state index in [-0.39, 0.29) is 28.4 Å². The number of halogens is 3. The summed E-state index contributed by atoms with van der Waals surface area (Å²) in [4.78, 5) is 15.6. The molecule has 2 N–H and O–H groups in total. The quantitative estimate of drug-likeness (QED) is 0.837. The van der Waals surface area contributed by atoms with Crippen molar-refractivity contribution in [2.24, 2.45) is 0 Å². The van der Waals surface area contributed by atoms with Crippen LogP contribution >= 0.6 is 11.8 Å². The van der Waals surface area contributed by atoms with Crippen LogP contribution in [0.15, 0.2) is 23.4 Å². The molecule has 0 radical (unpaired) electrons. The van der Waals surface area contributed by atoms with Gasteiger partial charge in [0, 0.05) is 30.5 Å². The van der Waals surface area contributed by atoms with Crippen LogP contribution in [0.3, 0.4) is 0 Å². The van der Waals surface area contributed by atoms with Crippen molar-refractivity contribution in [1.29, 1.82) is 0 Å². The zero-order valence-corrected chi connectivity index (χ0v) is 11.4. The molecule has 0 spiro atoms. The van der Waals surface area contributed by atoms with E-state index < -0.39 is 11.4 Å². The van der Waals surface area contributed by atoms with Crippen molar-refractivity contribution in [1.82, 2.24) is 15.6 Å². The molecule has 1 aliphatic heterocycles. The van der Waals surface area contributed by atoms with Crippen molar-refractivity contribution in [2.45, 2.75) is 29.4 Å². The maximum atomic E-state index is 12.4. The number of pyridine rings is 1. The van der Waals surface area contributed by atoms with Crippen LogP contribution in [0.1, 0.15) is 23.2 Å². The molecule has 1 aliphatic rings. The second-order valence-electron chi connectivity index (χ2n) is 4.41. The molecule has 2 heterocycles. The maximum absolute atomic E-state index is 12.4. The summed E-state index contributed by atoms with van der Waals surface area (Å²) in [7, 11) is 0. The summed E-state index contributed by atoms with van der Waals surface area (Å²) in [6.45, 7) is 1.31. The third-order valence-corrected chi connectivity index (χ3v) is 3.65. The van der Waals surface area contributed by atoms with E-state index >= 15 is 0 Å². The first-order valence-corrected chi connectivity index (χ1v) is 7.00. The lowest BCUT2D eigenvalue weighted by atomic mass is 10.2. The Morgan fingerprint density at radius 2 is 2.35 bits per heavy atom. The highest BCUT2D eigenvalue weighted by Gasteiger charge is 2.32. The van der Waals surface area contributed by atoms with Gasteiger partial charge >= 0.3 is 5.51 Å². The molecule has 4 nitrogen and oxygen atoms in total. The molecule has 1 amide bonds. The fourth-order valence-corrected chi connectivity index (χ4v) is 2.60. The summed E-state index contributed by atoms with van der Waals surface area (Å²) in [6.07, 6.45) is 3.24. The summed E-state index contributed by atoms with van der Waals surface area (Å²) >= 11 is -0.374. The van der Waals surface area contributed by atoms with E-state index in [2.05, 4.69) is 15.6 Å². The van der Waals surface area contributed by atoms with Crippen LogP contribution in [-0.4, -0.2) is 35.5 Å². The Morgan fingerprint density at radius 1 is 1.55 bits per heavy atom. The van der Waals surface area contributed by atoms with Gasteiger partial charge in [0.1, 0.15) is 5.03 Å². The Morgan fingerprint density at radius 3 is 3.00 bits per heavy atom. The Balaban J connectivity index is 2.01. The number of carbonyl (C=O) groups excluding carboxylic acids is 1. The minimum absolute atomic E-state index is 0.0483. The lowest BCUT2D eigenvalue weighted by Crippen LogP contribution is -2.37. The van der Waals surface area contributed by atoms with Crippen LogP contribution < -0.4 is 10.6 Å². The molecule has 2 rings (SSSR count). The molecule has 0 bridgehead atoms. The van der Waals surface area contributed by atoms with Crippen LogP contribution in [0.5, 0.6) is 0 Å². The number of hydrogen-bond acceptors (Lipinski definition) is 4. The topological polar surface area (TPSA) is 54.0 Å². The molecule has 0 aromatic carbocycles. The highest BCUT2D eigenvalue weighted by Crippen LogP contribution is 2.37. The number of nitrogens with zero attached hydrogens (tertiary/aromatic N) is 1. The van der Waals surface area contributed by atoms with Gasteiger partial charge in [-0.3, -0.25) is 4.79 Å². The van der Waals surface area contributed by atoms with E-state index in [1.807, 2.05) is 0 Å². The summed E-state index contributed by atoms with van der Waals surface area (Å²) in [5, 5.41) is 5.52. The average molecular weight is 305 g/mol. The number of rotatable bonds is 4. The van der Waals surface area contributed by atoms with Gasteiger partial charge in [-0.15, -0.1) is 0 Å². The molecule has 1 atom stereocenters. The predicted octanol–water partition coefficient (Wildman–Crippen LogP) is 2.18. The van der Waals surface area contributed by atoms with E-state index in [9.17, 15) is 18.0 Å². The van der Waals surface area contributed by atoms with Crippen molar-refractivity contribution >= 4 is 17.7 Å². The van der Waals surface area contributed by atoms with Gasteiger partial charge in [-0.1, -0.05) is 0 Å². The number of carbonyl (C=O) groups is 1. The highest BCUT2D eigenvalue weighted by atomic mass is 32.2. The Labute approximate surface area is 118 Å². The molecule has 0 aliphatic carbocycles. The van der Waals surface area contributed by atoms with E-state index in [4.69, 9.17) is 0 Å². The largest absolute Gasteiger partial charge is 0.447 e. The monoisotopic (exact) mass is 305 g/mol. The molecule has 8 heteroatoms. The zero-order chi connectivity index (χ0) is 14.6.